The summed E-state index contributed by atoms with van der Waals surface area (Å²) in [6.45, 7) is 3.62. The van der Waals surface area contributed by atoms with Crippen molar-refractivity contribution in [3.63, 3.8) is 0 Å². The highest BCUT2D eigenvalue weighted by Gasteiger charge is 2.56. The van der Waals surface area contributed by atoms with Crippen LogP contribution < -0.4 is 15.1 Å². The Labute approximate surface area is 265 Å². The topological polar surface area (TPSA) is 115 Å². The number of imide groups is 1. The summed E-state index contributed by atoms with van der Waals surface area (Å²) in [5, 5.41) is 2.97. The van der Waals surface area contributed by atoms with Gasteiger partial charge in [0.05, 0.1) is 28.8 Å². The fourth-order valence-corrected chi connectivity index (χ4v) is 8.38. The highest BCUT2D eigenvalue weighted by molar-refractivity contribution is 8.00. The maximum Gasteiger partial charge on any atom is 0.338 e. The van der Waals surface area contributed by atoms with Gasteiger partial charge in [-0.3, -0.25) is 23.7 Å². The van der Waals surface area contributed by atoms with Crippen LogP contribution in [0.4, 0.5) is 11.4 Å². The number of nitrogens with one attached hydrogen (secondary N) is 1. The molecular weight excluding hydrogens is 622 g/mol. The van der Waals surface area contributed by atoms with Crippen molar-refractivity contribution in [2.75, 3.05) is 16.8 Å². The molecule has 0 saturated carbocycles. The number of rotatable bonds is 7. The number of halogens is 1. The summed E-state index contributed by atoms with van der Waals surface area (Å²) in [6, 6.07) is 20.4. The number of hydrogen-bond acceptors (Lipinski definition) is 8. The zero-order valence-electron chi connectivity index (χ0n) is 23.6. The molecule has 0 radical (unpaired) electrons. The third kappa shape index (κ3) is 5.47. The molecule has 0 bridgehead atoms. The van der Waals surface area contributed by atoms with Crippen LogP contribution in [0.5, 0.6) is 0 Å². The van der Waals surface area contributed by atoms with Gasteiger partial charge in [0.15, 0.2) is 0 Å². The fraction of sp³-hybridized carbons (Fsp3) is 0.219. The monoisotopic (exact) mass is 647 g/mol. The molecule has 0 spiro atoms. The summed E-state index contributed by atoms with van der Waals surface area (Å²) in [5.74, 6) is -3.16. The Bertz CT molecular complexity index is 1830. The molecule has 0 aliphatic carbocycles. The highest BCUT2D eigenvalue weighted by atomic mass is 35.5. The van der Waals surface area contributed by atoms with Gasteiger partial charge < -0.3 is 10.1 Å². The summed E-state index contributed by atoms with van der Waals surface area (Å²) in [4.78, 5) is 67.9. The Balaban J connectivity index is 1.36. The van der Waals surface area contributed by atoms with E-state index in [0.717, 1.165) is 39.1 Å². The summed E-state index contributed by atoms with van der Waals surface area (Å²) >= 11 is 8.28. The molecule has 2 aliphatic heterocycles. The molecule has 4 aromatic rings. The fourth-order valence-electron chi connectivity index (χ4n) is 5.48. The molecule has 12 heteroatoms. The first kappa shape index (κ1) is 29.9. The molecule has 3 aromatic carbocycles. The lowest BCUT2D eigenvalue weighted by atomic mass is 9.83. The number of ether oxygens (including phenoxy) is 1. The number of thioether (sulfide) groups is 1. The highest BCUT2D eigenvalue weighted by Crippen LogP contribution is 2.54. The number of carbonyl (C=O) groups is 4. The Morgan fingerprint density at radius 1 is 0.932 bits per heavy atom. The average molecular weight is 648 g/mol. The molecule has 44 heavy (non-hydrogen) atoms. The van der Waals surface area contributed by atoms with Crippen molar-refractivity contribution in [1.29, 1.82) is 0 Å². The zero-order chi connectivity index (χ0) is 31.1. The van der Waals surface area contributed by atoms with Crippen molar-refractivity contribution >= 4 is 69.8 Å². The lowest BCUT2D eigenvalue weighted by Gasteiger charge is -2.30. The van der Waals surface area contributed by atoms with E-state index in [1.54, 1.807) is 55.5 Å². The number of esters is 1. The quantitative estimate of drug-likeness (QED) is 0.209. The van der Waals surface area contributed by atoms with Crippen LogP contribution in [0.15, 0.2) is 82.6 Å². The van der Waals surface area contributed by atoms with E-state index in [0.29, 0.717) is 31.9 Å². The van der Waals surface area contributed by atoms with Crippen molar-refractivity contribution in [3.8, 4) is 0 Å². The van der Waals surface area contributed by atoms with Crippen LogP contribution >= 0.6 is 34.7 Å². The molecule has 1 N–H and O–H groups in total. The molecule has 224 valence electrons. The zero-order valence-corrected chi connectivity index (χ0v) is 26.0. The van der Waals surface area contributed by atoms with Crippen LogP contribution in [-0.2, 0) is 25.7 Å². The van der Waals surface area contributed by atoms with E-state index in [2.05, 4.69) is 5.32 Å². The van der Waals surface area contributed by atoms with Crippen molar-refractivity contribution < 1.29 is 23.9 Å². The molecule has 1 aromatic heterocycles. The molecule has 2 unspecified atom stereocenters. The average Bonchev–Trinajstić information content (AvgIpc) is 3.45. The third-order valence-corrected chi connectivity index (χ3v) is 10.4. The predicted molar refractivity (Wildman–Crippen MR) is 170 cm³/mol. The van der Waals surface area contributed by atoms with Crippen LogP contribution in [-0.4, -0.2) is 40.1 Å². The second kappa shape index (κ2) is 12.1. The summed E-state index contributed by atoms with van der Waals surface area (Å²) in [6.07, 6.45) is 0. The molecule has 3 heterocycles. The van der Waals surface area contributed by atoms with Gasteiger partial charge in [0.2, 0.25) is 17.7 Å². The molecule has 9 nitrogen and oxygen atoms in total. The van der Waals surface area contributed by atoms with Crippen LogP contribution in [0.2, 0.25) is 5.02 Å². The molecule has 3 atom stereocenters. The van der Waals surface area contributed by atoms with Crippen molar-refractivity contribution in [1.82, 2.24) is 4.57 Å². The number of anilines is 2. The minimum absolute atomic E-state index is 0.221. The maximum atomic E-state index is 14.1. The van der Waals surface area contributed by atoms with Crippen LogP contribution in [0.1, 0.15) is 39.2 Å². The van der Waals surface area contributed by atoms with Gasteiger partial charge in [-0.15, -0.1) is 0 Å². The molecule has 1 saturated heterocycles. The molecule has 1 fully saturated rings. The standard InChI is InChI=1S/C32H26ClN3O6S2/c1-3-42-31(40)19-8-14-22(15-9-19)36-28(38)25-24(18-6-10-20(33)11-7-18)27-30(43-26(25)29(36)39)35(32(41)44-27)16-23(37)34-21-12-4-17(2)5-13-21/h4-15,24-26H,3,16H2,1-2H3,(H,34,37)/t24-,25?,26?/m0/s1. The smallest absolute Gasteiger partial charge is 0.338 e. The number of nitrogens with zero attached hydrogens (tertiary/aromatic N) is 2. The van der Waals surface area contributed by atoms with Crippen LogP contribution in [0.3, 0.4) is 0 Å². The first-order chi connectivity index (χ1) is 21.2. The van der Waals surface area contributed by atoms with Gasteiger partial charge in [-0.25, -0.2) is 9.69 Å². The molecular formula is C32H26ClN3O6S2. The lowest BCUT2D eigenvalue weighted by Crippen LogP contribution is -2.33. The number of aromatic nitrogens is 1. The number of carbonyl (C=O) groups excluding carboxylic acids is 4. The number of hydrogen-bond donors (Lipinski definition) is 1. The van der Waals surface area contributed by atoms with E-state index in [-0.39, 0.29) is 23.9 Å². The summed E-state index contributed by atoms with van der Waals surface area (Å²) < 4.78 is 6.42. The van der Waals surface area contributed by atoms with Crippen LogP contribution in [0, 0.1) is 12.8 Å². The van der Waals surface area contributed by atoms with Crippen molar-refractivity contribution in [3.05, 3.63) is 109 Å². The van der Waals surface area contributed by atoms with Gasteiger partial charge in [-0.2, -0.15) is 0 Å². The lowest BCUT2D eigenvalue weighted by molar-refractivity contribution is -0.122. The molecule has 2 aliphatic rings. The molecule has 6 rings (SSSR count). The number of benzene rings is 3. The number of aryl methyl sites for hydroxylation is 1. The Morgan fingerprint density at radius 3 is 2.27 bits per heavy atom. The summed E-state index contributed by atoms with van der Waals surface area (Å²) in [7, 11) is 0. The second-order valence-electron chi connectivity index (χ2n) is 10.4. The Morgan fingerprint density at radius 2 is 1.61 bits per heavy atom. The van der Waals surface area contributed by atoms with Crippen molar-refractivity contribution in [2.45, 2.75) is 36.6 Å². The van der Waals surface area contributed by atoms with E-state index in [1.165, 1.54) is 16.7 Å². The van der Waals surface area contributed by atoms with Gasteiger partial charge in [0.25, 0.3) is 0 Å². The van der Waals surface area contributed by atoms with Crippen molar-refractivity contribution in [2.24, 2.45) is 5.92 Å². The maximum absolute atomic E-state index is 14.1. The predicted octanol–water partition coefficient (Wildman–Crippen LogP) is 5.48. The minimum Gasteiger partial charge on any atom is -0.462 e. The van der Waals surface area contributed by atoms with Gasteiger partial charge in [-0.05, 0) is 67.9 Å². The summed E-state index contributed by atoms with van der Waals surface area (Å²) in [5.41, 5.74) is 3.01. The van der Waals surface area contributed by atoms with Gasteiger partial charge in [0.1, 0.15) is 11.8 Å². The SMILES string of the molecule is CCOC(=O)c1ccc(N2C(=O)C3Sc4c(sc(=O)n4CC(=O)Nc4ccc(C)cc4)[C@@H](c4ccc(Cl)cc4)C3C2=O)cc1. The van der Waals surface area contributed by atoms with Gasteiger partial charge in [0, 0.05) is 21.5 Å². The number of fused-ring (bicyclic) bond motifs is 2. The number of amides is 3. The van der Waals surface area contributed by atoms with E-state index in [1.807, 2.05) is 19.1 Å². The first-order valence-electron chi connectivity index (χ1n) is 13.8. The minimum atomic E-state index is -0.846. The van der Waals surface area contributed by atoms with E-state index in [4.69, 9.17) is 16.3 Å². The van der Waals surface area contributed by atoms with Gasteiger partial charge >= 0.3 is 10.8 Å². The van der Waals surface area contributed by atoms with E-state index < -0.39 is 34.9 Å². The molecule has 3 amide bonds. The second-order valence-corrected chi connectivity index (χ2v) is 13.0. The largest absolute Gasteiger partial charge is 0.462 e. The third-order valence-electron chi connectivity index (χ3n) is 7.55. The van der Waals surface area contributed by atoms with E-state index in [9.17, 15) is 24.0 Å². The van der Waals surface area contributed by atoms with Gasteiger partial charge in [-0.1, -0.05) is 64.5 Å². The first-order valence-corrected chi connectivity index (χ1v) is 15.9. The Kier molecular flexibility index (Phi) is 8.19. The van der Waals surface area contributed by atoms with E-state index >= 15 is 0 Å². The number of thiazole rings is 1. The van der Waals surface area contributed by atoms with Crippen LogP contribution in [0.25, 0.3) is 0 Å². The Hall–Kier alpha value is -4.19. The normalized spacial score (nSPS) is 19.0.